The van der Waals surface area contributed by atoms with Crippen LogP contribution < -0.4 is 0 Å². The van der Waals surface area contributed by atoms with Crippen LogP contribution in [0.5, 0.6) is 0 Å². The van der Waals surface area contributed by atoms with Crippen LogP contribution in [0, 0.1) is 6.92 Å². The molecule has 0 atom stereocenters. The van der Waals surface area contributed by atoms with Crippen molar-refractivity contribution >= 4 is 21.4 Å². The Kier molecular flexibility index (Phi) is 5.39. The van der Waals surface area contributed by atoms with E-state index in [-0.39, 0.29) is 0 Å². The van der Waals surface area contributed by atoms with Gasteiger partial charge in [0.1, 0.15) is 0 Å². The summed E-state index contributed by atoms with van der Waals surface area (Å²) in [7, 11) is 1.77. The van der Waals surface area contributed by atoms with Crippen LogP contribution in [0.4, 0.5) is 0 Å². The molecule has 0 spiro atoms. The third-order valence-electron chi connectivity index (χ3n) is 3.51. The zero-order chi connectivity index (χ0) is 16.3. The molecule has 0 N–H and O–H groups in total. The van der Waals surface area contributed by atoms with E-state index in [4.69, 9.17) is 0 Å². The molecule has 0 saturated carbocycles. The van der Waals surface area contributed by atoms with E-state index in [0.717, 1.165) is 12.1 Å². The fourth-order valence-electron chi connectivity index (χ4n) is 2.19. The zero-order valence-corrected chi connectivity index (χ0v) is 15.0. The van der Waals surface area contributed by atoms with Crippen LogP contribution in [0.1, 0.15) is 16.0 Å². The summed E-state index contributed by atoms with van der Waals surface area (Å²) in [6, 6.07) is 9.29. The normalized spacial score (nSPS) is 12.3. The van der Waals surface area contributed by atoms with E-state index < -0.39 is 10.0 Å². The highest BCUT2D eigenvalue weighted by molar-refractivity contribution is 7.89. The Morgan fingerprint density at radius 1 is 1.09 bits per heavy atom. The largest absolute Gasteiger partial charge is 0.297 e. The summed E-state index contributed by atoms with van der Waals surface area (Å²) in [5.74, 6) is 0. The van der Waals surface area contributed by atoms with E-state index in [0.29, 0.717) is 11.4 Å². The minimum Gasteiger partial charge on any atom is -0.297 e. The summed E-state index contributed by atoms with van der Waals surface area (Å²) in [5, 5.41) is 2.10. The molecular weight excluding hydrogens is 316 g/mol. The van der Waals surface area contributed by atoms with Gasteiger partial charge in [-0.25, -0.2) is 12.7 Å². The molecule has 0 bridgehead atoms. The van der Waals surface area contributed by atoms with E-state index in [1.165, 1.54) is 14.7 Å². The average molecular weight is 338 g/mol. The topological polar surface area (TPSA) is 40.6 Å². The maximum Gasteiger partial charge on any atom is 0.242 e. The first-order chi connectivity index (χ1) is 10.3. The Bertz CT molecular complexity index is 736. The molecule has 0 amide bonds. The van der Waals surface area contributed by atoms with Gasteiger partial charge in [0.25, 0.3) is 0 Å². The van der Waals surface area contributed by atoms with E-state index in [9.17, 15) is 8.42 Å². The highest BCUT2D eigenvalue weighted by Crippen LogP contribution is 2.19. The fourth-order valence-corrected chi connectivity index (χ4v) is 4.15. The van der Waals surface area contributed by atoms with Crippen LogP contribution in [0.2, 0.25) is 0 Å². The number of hydrogen-bond donors (Lipinski definition) is 0. The molecule has 0 aliphatic heterocycles. The fraction of sp³-hybridized carbons (Fsp3) is 0.375. The van der Waals surface area contributed by atoms with Crippen molar-refractivity contribution in [3.05, 3.63) is 51.7 Å². The Morgan fingerprint density at radius 2 is 1.82 bits per heavy atom. The number of hydrogen-bond acceptors (Lipinski definition) is 4. The van der Waals surface area contributed by atoms with Crippen LogP contribution >= 0.6 is 11.3 Å². The molecular formula is C16H22N2O2S2. The molecule has 0 aliphatic rings. The lowest BCUT2D eigenvalue weighted by Crippen LogP contribution is -2.22. The molecule has 2 aromatic rings. The van der Waals surface area contributed by atoms with Crippen molar-refractivity contribution in [1.82, 2.24) is 9.21 Å². The molecule has 22 heavy (non-hydrogen) atoms. The lowest BCUT2D eigenvalue weighted by atomic mass is 10.2. The Hall–Kier alpha value is -1.21. The highest BCUT2D eigenvalue weighted by Gasteiger charge is 2.17. The van der Waals surface area contributed by atoms with Gasteiger partial charge in [-0.3, -0.25) is 4.90 Å². The summed E-state index contributed by atoms with van der Waals surface area (Å²) in [4.78, 5) is 3.88. The first-order valence-electron chi connectivity index (χ1n) is 7.03. The number of rotatable bonds is 6. The minimum absolute atomic E-state index is 0.343. The summed E-state index contributed by atoms with van der Waals surface area (Å²) in [6.07, 6.45) is 0. The lowest BCUT2D eigenvalue weighted by molar-refractivity contribution is 0.321. The predicted molar refractivity (Wildman–Crippen MR) is 91.5 cm³/mol. The maximum absolute atomic E-state index is 12.2. The summed E-state index contributed by atoms with van der Waals surface area (Å²) >= 11 is 1.76. The number of aryl methyl sites for hydroxylation is 1. The molecule has 0 saturated heterocycles. The van der Waals surface area contributed by atoms with Gasteiger partial charge < -0.3 is 0 Å². The Balaban J connectivity index is 2.12. The second-order valence-corrected chi connectivity index (χ2v) is 8.79. The number of nitrogens with zero attached hydrogens (tertiary/aromatic N) is 2. The van der Waals surface area contributed by atoms with Crippen LogP contribution in [-0.4, -0.2) is 38.8 Å². The summed E-state index contributed by atoms with van der Waals surface area (Å²) in [6.45, 7) is 3.70. The molecule has 120 valence electrons. The quantitative estimate of drug-likeness (QED) is 0.813. The lowest BCUT2D eigenvalue weighted by Gasteiger charge is -2.17. The van der Waals surface area contributed by atoms with Crippen LogP contribution in [-0.2, 0) is 23.1 Å². The molecule has 1 aromatic carbocycles. The molecule has 4 nitrogen and oxygen atoms in total. The Morgan fingerprint density at radius 3 is 2.41 bits per heavy atom. The molecule has 0 fully saturated rings. The number of thiophene rings is 1. The predicted octanol–water partition coefficient (Wildman–Crippen LogP) is 2.94. The van der Waals surface area contributed by atoms with Crippen molar-refractivity contribution in [3.63, 3.8) is 0 Å². The first kappa shape index (κ1) is 17.1. The second kappa shape index (κ2) is 6.91. The van der Waals surface area contributed by atoms with Gasteiger partial charge in [-0.2, -0.15) is 0 Å². The second-order valence-electron chi connectivity index (χ2n) is 5.63. The van der Waals surface area contributed by atoms with E-state index in [2.05, 4.69) is 23.3 Å². The summed E-state index contributed by atoms with van der Waals surface area (Å²) < 4.78 is 25.6. The molecule has 0 radical (unpaired) electrons. The van der Waals surface area contributed by atoms with Crippen molar-refractivity contribution in [2.24, 2.45) is 0 Å². The standard InChI is InChI=1S/C16H22N2O2S2/c1-13-8-9-21-16(13)12-18(4)11-14-6-5-7-15(10-14)22(19,20)17(2)3/h5-10H,11-12H2,1-4H3. The van der Waals surface area contributed by atoms with Gasteiger partial charge in [-0.1, -0.05) is 12.1 Å². The molecule has 1 aromatic heterocycles. The minimum atomic E-state index is -3.37. The van der Waals surface area contributed by atoms with Crippen LogP contribution in [0.15, 0.2) is 40.6 Å². The molecule has 0 aliphatic carbocycles. The monoisotopic (exact) mass is 338 g/mol. The molecule has 0 unspecified atom stereocenters. The van der Waals surface area contributed by atoms with Crippen molar-refractivity contribution in [3.8, 4) is 0 Å². The van der Waals surface area contributed by atoms with Gasteiger partial charge in [0.2, 0.25) is 10.0 Å². The van der Waals surface area contributed by atoms with Crippen LogP contribution in [0.25, 0.3) is 0 Å². The molecule has 2 rings (SSSR count). The van der Waals surface area contributed by atoms with Crippen molar-refractivity contribution in [2.75, 3.05) is 21.1 Å². The van der Waals surface area contributed by atoms with E-state index in [1.54, 1.807) is 43.6 Å². The van der Waals surface area contributed by atoms with Gasteiger partial charge >= 0.3 is 0 Å². The average Bonchev–Trinajstić information content (AvgIpc) is 2.84. The Labute approximate surface area is 137 Å². The third kappa shape index (κ3) is 3.95. The van der Waals surface area contributed by atoms with E-state index >= 15 is 0 Å². The van der Waals surface area contributed by atoms with Gasteiger partial charge in [-0.05, 0) is 48.7 Å². The summed E-state index contributed by atoms with van der Waals surface area (Å²) in [5.41, 5.74) is 2.31. The van der Waals surface area contributed by atoms with Gasteiger partial charge in [0, 0.05) is 32.1 Å². The van der Waals surface area contributed by atoms with E-state index in [1.807, 2.05) is 13.1 Å². The first-order valence-corrected chi connectivity index (χ1v) is 9.35. The molecule has 1 heterocycles. The smallest absolute Gasteiger partial charge is 0.242 e. The van der Waals surface area contributed by atoms with Gasteiger partial charge in [0.15, 0.2) is 0 Å². The highest BCUT2D eigenvalue weighted by atomic mass is 32.2. The number of sulfonamides is 1. The van der Waals surface area contributed by atoms with Crippen molar-refractivity contribution < 1.29 is 8.42 Å². The molecule has 6 heteroatoms. The van der Waals surface area contributed by atoms with Crippen LogP contribution in [0.3, 0.4) is 0 Å². The zero-order valence-electron chi connectivity index (χ0n) is 13.4. The SMILES string of the molecule is Cc1ccsc1CN(C)Cc1cccc(S(=O)(=O)N(C)C)c1. The van der Waals surface area contributed by atoms with Crippen molar-refractivity contribution in [2.45, 2.75) is 24.9 Å². The van der Waals surface area contributed by atoms with Gasteiger partial charge in [0.05, 0.1) is 4.90 Å². The maximum atomic E-state index is 12.2. The number of benzene rings is 1. The van der Waals surface area contributed by atoms with Crippen molar-refractivity contribution in [1.29, 1.82) is 0 Å². The third-order valence-corrected chi connectivity index (χ3v) is 6.33. The van der Waals surface area contributed by atoms with Gasteiger partial charge in [-0.15, -0.1) is 11.3 Å².